The van der Waals surface area contributed by atoms with Gasteiger partial charge in [0.25, 0.3) is 5.91 Å². The van der Waals surface area contributed by atoms with Crippen molar-refractivity contribution in [3.05, 3.63) is 36.0 Å². The van der Waals surface area contributed by atoms with E-state index in [2.05, 4.69) is 15.6 Å². The van der Waals surface area contributed by atoms with Gasteiger partial charge in [0.15, 0.2) is 0 Å². The SMILES string of the molecule is O=C(N[C@@H]1CCNC1)c1cc2ccccc2[nH]1. The van der Waals surface area contributed by atoms with E-state index < -0.39 is 0 Å². The number of carbonyl (C=O) groups excluding carboxylic acids is 1. The minimum atomic E-state index is -0.0186. The fraction of sp³-hybridized carbons (Fsp3) is 0.308. The van der Waals surface area contributed by atoms with Crippen molar-refractivity contribution in [2.45, 2.75) is 12.5 Å². The van der Waals surface area contributed by atoms with Gasteiger partial charge in [-0.15, -0.1) is 0 Å². The van der Waals surface area contributed by atoms with Gasteiger partial charge in [0.2, 0.25) is 0 Å². The number of aromatic nitrogens is 1. The van der Waals surface area contributed by atoms with Crippen molar-refractivity contribution in [3.63, 3.8) is 0 Å². The molecular formula is C13H15N3O. The van der Waals surface area contributed by atoms with Gasteiger partial charge in [0, 0.05) is 23.5 Å². The maximum atomic E-state index is 12.0. The average molecular weight is 229 g/mol. The number of para-hydroxylation sites is 1. The summed E-state index contributed by atoms with van der Waals surface area (Å²) in [5.74, 6) is -0.0186. The summed E-state index contributed by atoms with van der Waals surface area (Å²) in [4.78, 5) is 15.1. The summed E-state index contributed by atoms with van der Waals surface area (Å²) in [6.45, 7) is 1.85. The van der Waals surface area contributed by atoms with E-state index in [9.17, 15) is 4.79 Å². The molecule has 3 N–H and O–H groups in total. The molecule has 0 unspecified atom stereocenters. The van der Waals surface area contributed by atoms with Gasteiger partial charge in [0.1, 0.15) is 5.69 Å². The molecule has 3 rings (SSSR count). The van der Waals surface area contributed by atoms with Crippen molar-refractivity contribution in [3.8, 4) is 0 Å². The van der Waals surface area contributed by atoms with E-state index >= 15 is 0 Å². The van der Waals surface area contributed by atoms with E-state index in [1.54, 1.807) is 0 Å². The van der Waals surface area contributed by atoms with Crippen LogP contribution in [0.2, 0.25) is 0 Å². The Hall–Kier alpha value is -1.81. The van der Waals surface area contributed by atoms with Crippen molar-refractivity contribution in [1.29, 1.82) is 0 Å². The monoisotopic (exact) mass is 229 g/mol. The van der Waals surface area contributed by atoms with Crippen LogP contribution in [0.3, 0.4) is 0 Å². The predicted molar refractivity (Wildman–Crippen MR) is 67.0 cm³/mol. The Morgan fingerprint density at radius 3 is 3.00 bits per heavy atom. The largest absolute Gasteiger partial charge is 0.351 e. The van der Waals surface area contributed by atoms with Gasteiger partial charge in [-0.1, -0.05) is 18.2 Å². The molecular weight excluding hydrogens is 214 g/mol. The molecule has 1 saturated heterocycles. The Morgan fingerprint density at radius 1 is 1.35 bits per heavy atom. The molecule has 1 atom stereocenters. The Kier molecular flexibility index (Phi) is 2.57. The Morgan fingerprint density at radius 2 is 2.24 bits per heavy atom. The fourth-order valence-corrected chi connectivity index (χ4v) is 2.24. The number of carbonyl (C=O) groups is 1. The van der Waals surface area contributed by atoms with Crippen LogP contribution in [0, 0.1) is 0 Å². The molecule has 2 aromatic rings. The van der Waals surface area contributed by atoms with E-state index in [0.29, 0.717) is 5.69 Å². The molecule has 4 heteroatoms. The molecule has 0 aliphatic carbocycles. The highest BCUT2D eigenvalue weighted by atomic mass is 16.1. The molecule has 1 aromatic heterocycles. The minimum absolute atomic E-state index is 0.0186. The van der Waals surface area contributed by atoms with Gasteiger partial charge < -0.3 is 15.6 Å². The molecule has 1 aliphatic rings. The second kappa shape index (κ2) is 4.22. The number of rotatable bonds is 2. The van der Waals surface area contributed by atoms with Gasteiger partial charge in [-0.25, -0.2) is 0 Å². The first-order valence-corrected chi connectivity index (χ1v) is 5.92. The number of hydrogen-bond donors (Lipinski definition) is 3. The second-order valence-corrected chi connectivity index (χ2v) is 4.43. The molecule has 0 bridgehead atoms. The number of benzene rings is 1. The normalized spacial score (nSPS) is 19.6. The van der Waals surface area contributed by atoms with E-state index in [1.807, 2.05) is 30.3 Å². The second-order valence-electron chi connectivity index (χ2n) is 4.43. The van der Waals surface area contributed by atoms with Crippen LogP contribution >= 0.6 is 0 Å². The van der Waals surface area contributed by atoms with Crippen LogP contribution in [-0.2, 0) is 0 Å². The van der Waals surface area contributed by atoms with Crippen LogP contribution in [0.4, 0.5) is 0 Å². The molecule has 1 aliphatic heterocycles. The summed E-state index contributed by atoms with van der Waals surface area (Å²) in [5.41, 5.74) is 1.64. The zero-order valence-corrected chi connectivity index (χ0v) is 9.49. The number of amides is 1. The molecule has 2 heterocycles. The first kappa shape index (κ1) is 10.4. The molecule has 0 spiro atoms. The lowest BCUT2D eigenvalue weighted by atomic mass is 10.2. The molecule has 88 valence electrons. The van der Waals surface area contributed by atoms with E-state index in [1.165, 1.54) is 0 Å². The summed E-state index contributed by atoms with van der Waals surface area (Å²) in [7, 11) is 0. The molecule has 4 nitrogen and oxygen atoms in total. The van der Waals surface area contributed by atoms with Crippen LogP contribution in [0.5, 0.6) is 0 Å². The molecule has 1 fully saturated rings. The predicted octanol–water partition coefficient (Wildman–Crippen LogP) is 1.26. The standard InChI is InChI=1S/C13H15N3O/c17-13(15-10-5-6-14-8-10)12-7-9-3-1-2-4-11(9)16-12/h1-4,7,10,14,16H,5-6,8H2,(H,15,17)/t10-/m1/s1. The Labute approximate surface area is 99.4 Å². The van der Waals surface area contributed by atoms with Gasteiger partial charge in [-0.3, -0.25) is 4.79 Å². The lowest BCUT2D eigenvalue weighted by Gasteiger charge is -2.09. The summed E-state index contributed by atoms with van der Waals surface area (Å²) in [5, 5.41) is 7.33. The molecule has 0 saturated carbocycles. The Balaban J connectivity index is 1.80. The van der Waals surface area contributed by atoms with E-state index in [-0.39, 0.29) is 11.9 Å². The van der Waals surface area contributed by atoms with E-state index in [0.717, 1.165) is 30.4 Å². The Bertz CT molecular complexity index is 507. The molecule has 0 radical (unpaired) electrons. The van der Waals surface area contributed by atoms with Crippen LogP contribution in [0.15, 0.2) is 30.3 Å². The molecule has 1 aromatic carbocycles. The number of fused-ring (bicyclic) bond motifs is 1. The van der Waals surface area contributed by atoms with Crippen molar-refractivity contribution < 1.29 is 4.79 Å². The van der Waals surface area contributed by atoms with Gasteiger partial charge in [-0.05, 0) is 25.1 Å². The zero-order valence-electron chi connectivity index (χ0n) is 9.49. The number of H-pyrrole nitrogens is 1. The molecule has 17 heavy (non-hydrogen) atoms. The van der Waals surface area contributed by atoms with Crippen molar-refractivity contribution in [1.82, 2.24) is 15.6 Å². The maximum Gasteiger partial charge on any atom is 0.267 e. The molecule has 1 amide bonds. The first-order valence-electron chi connectivity index (χ1n) is 5.92. The maximum absolute atomic E-state index is 12.0. The summed E-state index contributed by atoms with van der Waals surface area (Å²) >= 11 is 0. The lowest BCUT2D eigenvalue weighted by Crippen LogP contribution is -2.36. The average Bonchev–Trinajstić information content (AvgIpc) is 2.96. The third-order valence-corrected chi connectivity index (χ3v) is 3.17. The van der Waals surface area contributed by atoms with Gasteiger partial charge >= 0.3 is 0 Å². The topological polar surface area (TPSA) is 56.9 Å². The fourth-order valence-electron chi connectivity index (χ4n) is 2.24. The number of nitrogens with one attached hydrogen (secondary N) is 3. The van der Waals surface area contributed by atoms with Crippen LogP contribution in [-0.4, -0.2) is 30.0 Å². The van der Waals surface area contributed by atoms with Crippen molar-refractivity contribution >= 4 is 16.8 Å². The minimum Gasteiger partial charge on any atom is -0.351 e. The number of aromatic amines is 1. The van der Waals surface area contributed by atoms with Gasteiger partial charge in [-0.2, -0.15) is 0 Å². The third kappa shape index (κ3) is 2.03. The zero-order chi connectivity index (χ0) is 11.7. The number of hydrogen-bond acceptors (Lipinski definition) is 2. The highest BCUT2D eigenvalue weighted by Gasteiger charge is 2.18. The van der Waals surface area contributed by atoms with Crippen molar-refractivity contribution in [2.75, 3.05) is 13.1 Å². The summed E-state index contributed by atoms with van der Waals surface area (Å²) < 4.78 is 0. The van der Waals surface area contributed by atoms with Crippen LogP contribution in [0.25, 0.3) is 10.9 Å². The van der Waals surface area contributed by atoms with E-state index in [4.69, 9.17) is 0 Å². The lowest BCUT2D eigenvalue weighted by molar-refractivity contribution is 0.0936. The summed E-state index contributed by atoms with van der Waals surface area (Å²) in [6, 6.07) is 10.1. The summed E-state index contributed by atoms with van der Waals surface area (Å²) in [6.07, 6.45) is 1.01. The smallest absolute Gasteiger partial charge is 0.267 e. The highest BCUT2D eigenvalue weighted by Crippen LogP contribution is 2.14. The van der Waals surface area contributed by atoms with Crippen LogP contribution in [0.1, 0.15) is 16.9 Å². The quantitative estimate of drug-likeness (QED) is 0.726. The van der Waals surface area contributed by atoms with Crippen molar-refractivity contribution in [2.24, 2.45) is 0 Å². The van der Waals surface area contributed by atoms with Gasteiger partial charge in [0.05, 0.1) is 0 Å². The highest BCUT2D eigenvalue weighted by molar-refractivity contribution is 5.98. The first-order chi connectivity index (χ1) is 8.33. The van der Waals surface area contributed by atoms with Crippen LogP contribution < -0.4 is 10.6 Å². The third-order valence-electron chi connectivity index (χ3n) is 3.17.